The molecule has 4 nitrogen and oxygen atoms in total. The summed E-state index contributed by atoms with van der Waals surface area (Å²) in [6.07, 6.45) is 0.624. The van der Waals surface area contributed by atoms with Crippen LogP contribution < -0.4 is 4.72 Å². The van der Waals surface area contributed by atoms with E-state index >= 15 is 0 Å². The van der Waals surface area contributed by atoms with Crippen LogP contribution in [0.15, 0.2) is 30.3 Å². The third-order valence-corrected chi connectivity index (χ3v) is 4.13. The van der Waals surface area contributed by atoms with Crippen LogP contribution in [0.5, 0.6) is 0 Å². The van der Waals surface area contributed by atoms with Crippen molar-refractivity contribution < 1.29 is 8.42 Å². The average Bonchev–Trinajstić information content (AvgIpc) is 2.28. The van der Waals surface area contributed by atoms with E-state index in [0.29, 0.717) is 13.0 Å². The fraction of sp³-hybridized carbons (Fsp3) is 0.538. The maximum atomic E-state index is 11.9. The van der Waals surface area contributed by atoms with Gasteiger partial charge in [-0.25, -0.2) is 13.1 Å². The number of benzene rings is 1. The number of likely N-dealkylation sites (N-methyl/N-ethyl adjacent to an activating group) is 1. The molecule has 0 saturated heterocycles. The SMILES string of the molecule is CCCS(=O)(=O)NC(CN(C)C)c1ccccc1. The Hall–Kier alpha value is -0.910. The minimum absolute atomic E-state index is 0.170. The Morgan fingerprint density at radius 2 is 1.83 bits per heavy atom. The summed E-state index contributed by atoms with van der Waals surface area (Å²) in [7, 11) is 0.668. The molecule has 0 spiro atoms. The quantitative estimate of drug-likeness (QED) is 0.819. The number of hydrogen-bond acceptors (Lipinski definition) is 3. The van der Waals surface area contributed by atoms with Crippen LogP contribution in [0.25, 0.3) is 0 Å². The van der Waals surface area contributed by atoms with Gasteiger partial charge < -0.3 is 4.90 Å². The van der Waals surface area contributed by atoms with Crippen molar-refractivity contribution in [2.45, 2.75) is 19.4 Å². The summed E-state index contributed by atoms with van der Waals surface area (Å²) < 4.78 is 26.5. The third-order valence-electron chi connectivity index (χ3n) is 2.54. The topological polar surface area (TPSA) is 49.4 Å². The Kier molecular flexibility index (Phi) is 5.78. The first kappa shape index (κ1) is 15.1. The second-order valence-electron chi connectivity index (χ2n) is 4.66. The van der Waals surface area contributed by atoms with Crippen LogP contribution in [0.2, 0.25) is 0 Å². The van der Waals surface area contributed by atoms with Gasteiger partial charge in [-0.2, -0.15) is 0 Å². The van der Waals surface area contributed by atoms with Crippen molar-refractivity contribution in [3.8, 4) is 0 Å². The van der Waals surface area contributed by atoms with Gasteiger partial charge in [-0.3, -0.25) is 0 Å². The van der Waals surface area contributed by atoms with Crippen LogP contribution in [-0.2, 0) is 10.0 Å². The standard InChI is InChI=1S/C13H22N2O2S/c1-4-10-18(16,17)14-13(11-15(2)3)12-8-6-5-7-9-12/h5-9,13-14H,4,10-11H2,1-3H3. The van der Waals surface area contributed by atoms with E-state index in [-0.39, 0.29) is 11.8 Å². The van der Waals surface area contributed by atoms with E-state index in [1.807, 2.05) is 56.3 Å². The average molecular weight is 270 g/mol. The second-order valence-corrected chi connectivity index (χ2v) is 6.54. The Balaban J connectivity index is 2.86. The Bertz CT molecular complexity index is 443. The molecule has 1 rings (SSSR count). The van der Waals surface area contributed by atoms with Crippen molar-refractivity contribution in [3.05, 3.63) is 35.9 Å². The molecular formula is C13H22N2O2S. The molecule has 1 atom stereocenters. The minimum Gasteiger partial charge on any atom is -0.307 e. The monoisotopic (exact) mass is 270 g/mol. The van der Waals surface area contributed by atoms with Gasteiger partial charge in [0.05, 0.1) is 11.8 Å². The van der Waals surface area contributed by atoms with Crippen molar-refractivity contribution >= 4 is 10.0 Å². The maximum Gasteiger partial charge on any atom is 0.212 e. The van der Waals surface area contributed by atoms with Gasteiger partial charge in [0.2, 0.25) is 10.0 Å². The summed E-state index contributed by atoms with van der Waals surface area (Å²) in [6.45, 7) is 2.51. The fourth-order valence-corrected chi connectivity index (χ4v) is 3.11. The Labute approximate surface area is 110 Å². The summed E-state index contributed by atoms with van der Waals surface area (Å²) in [5.74, 6) is 0.170. The molecule has 18 heavy (non-hydrogen) atoms. The predicted octanol–water partition coefficient (Wildman–Crippen LogP) is 1.62. The van der Waals surface area contributed by atoms with E-state index in [0.717, 1.165) is 5.56 Å². The van der Waals surface area contributed by atoms with Gasteiger partial charge in [-0.1, -0.05) is 37.3 Å². The molecule has 1 unspecified atom stereocenters. The van der Waals surface area contributed by atoms with Gasteiger partial charge in [0.15, 0.2) is 0 Å². The van der Waals surface area contributed by atoms with Crippen LogP contribution in [0, 0.1) is 0 Å². The number of hydrogen-bond donors (Lipinski definition) is 1. The summed E-state index contributed by atoms with van der Waals surface area (Å²) in [6, 6.07) is 9.47. The first-order valence-electron chi connectivity index (χ1n) is 6.14. The van der Waals surface area contributed by atoms with Crippen LogP contribution in [0.1, 0.15) is 24.9 Å². The van der Waals surface area contributed by atoms with Crippen molar-refractivity contribution in [2.24, 2.45) is 0 Å². The van der Waals surface area contributed by atoms with Crippen molar-refractivity contribution in [1.82, 2.24) is 9.62 Å². The molecule has 0 radical (unpaired) electrons. The summed E-state index contributed by atoms with van der Waals surface area (Å²) in [5, 5.41) is 0. The molecule has 0 aliphatic heterocycles. The molecule has 1 aromatic rings. The van der Waals surface area contributed by atoms with Gasteiger partial charge >= 0.3 is 0 Å². The van der Waals surface area contributed by atoms with E-state index < -0.39 is 10.0 Å². The Morgan fingerprint density at radius 1 is 1.22 bits per heavy atom. The van der Waals surface area contributed by atoms with Gasteiger partial charge in [0.25, 0.3) is 0 Å². The van der Waals surface area contributed by atoms with Crippen LogP contribution in [0.4, 0.5) is 0 Å². The summed E-state index contributed by atoms with van der Waals surface area (Å²) >= 11 is 0. The molecule has 0 amide bonds. The first-order chi connectivity index (χ1) is 8.44. The fourth-order valence-electron chi connectivity index (χ4n) is 1.81. The van der Waals surface area contributed by atoms with E-state index in [9.17, 15) is 8.42 Å². The van der Waals surface area contributed by atoms with Crippen molar-refractivity contribution in [3.63, 3.8) is 0 Å². The highest BCUT2D eigenvalue weighted by Gasteiger charge is 2.19. The molecule has 1 N–H and O–H groups in total. The molecular weight excluding hydrogens is 248 g/mol. The number of sulfonamides is 1. The summed E-state index contributed by atoms with van der Waals surface area (Å²) in [5.41, 5.74) is 0.992. The molecule has 0 saturated carbocycles. The molecule has 0 bridgehead atoms. The maximum absolute atomic E-state index is 11.9. The zero-order valence-electron chi connectivity index (χ0n) is 11.3. The highest BCUT2D eigenvalue weighted by Crippen LogP contribution is 2.14. The zero-order valence-corrected chi connectivity index (χ0v) is 12.1. The first-order valence-corrected chi connectivity index (χ1v) is 7.79. The molecule has 0 aliphatic carbocycles. The highest BCUT2D eigenvalue weighted by atomic mass is 32.2. The van der Waals surface area contributed by atoms with E-state index in [1.165, 1.54) is 0 Å². The number of rotatable bonds is 7. The molecule has 0 aromatic heterocycles. The van der Waals surface area contributed by atoms with Gasteiger partial charge in [-0.15, -0.1) is 0 Å². The lowest BCUT2D eigenvalue weighted by molar-refractivity contribution is 0.363. The molecule has 1 aromatic carbocycles. The van der Waals surface area contributed by atoms with E-state index in [4.69, 9.17) is 0 Å². The molecule has 0 heterocycles. The molecule has 0 fully saturated rings. The largest absolute Gasteiger partial charge is 0.307 e. The van der Waals surface area contributed by atoms with Gasteiger partial charge in [0.1, 0.15) is 0 Å². The smallest absolute Gasteiger partial charge is 0.212 e. The van der Waals surface area contributed by atoms with Crippen LogP contribution in [-0.4, -0.2) is 39.7 Å². The lowest BCUT2D eigenvalue weighted by Crippen LogP contribution is -2.36. The number of nitrogens with zero attached hydrogens (tertiary/aromatic N) is 1. The molecule has 102 valence electrons. The normalized spacial score (nSPS) is 13.8. The molecule has 0 aliphatic rings. The van der Waals surface area contributed by atoms with E-state index in [2.05, 4.69) is 4.72 Å². The van der Waals surface area contributed by atoms with Gasteiger partial charge in [-0.05, 0) is 26.1 Å². The highest BCUT2D eigenvalue weighted by molar-refractivity contribution is 7.89. The lowest BCUT2D eigenvalue weighted by Gasteiger charge is -2.22. The van der Waals surface area contributed by atoms with Crippen molar-refractivity contribution in [2.75, 3.05) is 26.4 Å². The lowest BCUT2D eigenvalue weighted by atomic mass is 10.1. The van der Waals surface area contributed by atoms with Crippen LogP contribution in [0.3, 0.4) is 0 Å². The third kappa shape index (κ3) is 5.16. The van der Waals surface area contributed by atoms with Gasteiger partial charge in [0, 0.05) is 6.54 Å². The molecule has 5 heteroatoms. The summed E-state index contributed by atoms with van der Waals surface area (Å²) in [4.78, 5) is 1.98. The number of nitrogens with one attached hydrogen (secondary N) is 1. The zero-order chi connectivity index (χ0) is 13.6. The van der Waals surface area contributed by atoms with E-state index in [1.54, 1.807) is 0 Å². The predicted molar refractivity (Wildman–Crippen MR) is 75.0 cm³/mol. The van der Waals surface area contributed by atoms with Crippen LogP contribution >= 0.6 is 0 Å². The van der Waals surface area contributed by atoms with Crippen molar-refractivity contribution in [1.29, 1.82) is 0 Å². The Morgan fingerprint density at radius 3 is 2.33 bits per heavy atom. The second kappa shape index (κ2) is 6.87. The minimum atomic E-state index is -3.20.